The Morgan fingerprint density at radius 1 is 0.500 bits per heavy atom. The zero-order chi connectivity index (χ0) is 35.1. The van der Waals surface area contributed by atoms with E-state index < -0.39 is 11.6 Å². The van der Waals surface area contributed by atoms with Crippen LogP contribution in [0.4, 0.5) is 11.4 Å². The van der Waals surface area contributed by atoms with Crippen molar-refractivity contribution in [1.29, 1.82) is 0 Å². The van der Waals surface area contributed by atoms with E-state index in [0.29, 0.717) is 33.8 Å². The third-order valence-electron chi connectivity index (χ3n) is 7.65. The predicted octanol–water partition coefficient (Wildman–Crippen LogP) is 9.67. The Balaban J connectivity index is 0.000000163. The molecule has 0 fully saturated rings. The molecule has 0 unspecified atom stereocenters. The molecular formula is C38H34Cl2N2O6. The van der Waals surface area contributed by atoms with E-state index in [2.05, 4.69) is 10.6 Å². The van der Waals surface area contributed by atoms with Crippen LogP contribution in [0.15, 0.2) is 104 Å². The lowest BCUT2D eigenvalue weighted by Gasteiger charge is -2.12. The maximum absolute atomic E-state index is 12.1. The SMILES string of the molecule is Cc1oc(C)c(C(=O)Nc2ccccc2)c1C.Cc1oc(C)c(C(=O)Nc2ccccc2)c1C.O=C1C(Cl)=C(Cl)C(=O)c2ccccc21. The molecule has 3 aromatic carbocycles. The molecule has 8 nitrogen and oxygen atoms in total. The van der Waals surface area contributed by atoms with Gasteiger partial charge in [0.1, 0.15) is 33.1 Å². The van der Waals surface area contributed by atoms with E-state index in [1.807, 2.05) is 88.4 Å². The van der Waals surface area contributed by atoms with Gasteiger partial charge in [-0.15, -0.1) is 0 Å². The number of aryl methyl sites for hydroxylation is 4. The summed E-state index contributed by atoms with van der Waals surface area (Å²) in [6.45, 7) is 11.1. The molecule has 0 saturated carbocycles. The number of fused-ring (bicyclic) bond motifs is 1. The molecule has 0 aliphatic heterocycles. The van der Waals surface area contributed by atoms with Crippen molar-refractivity contribution in [2.24, 2.45) is 0 Å². The highest BCUT2D eigenvalue weighted by molar-refractivity contribution is 6.59. The minimum atomic E-state index is -0.396. The Morgan fingerprint density at radius 3 is 1.10 bits per heavy atom. The minimum absolute atomic E-state index is 0.122. The number of carbonyl (C=O) groups excluding carboxylic acids is 4. The quantitative estimate of drug-likeness (QED) is 0.195. The fourth-order valence-corrected chi connectivity index (χ4v) is 5.38. The van der Waals surface area contributed by atoms with Crippen LogP contribution in [-0.2, 0) is 0 Å². The van der Waals surface area contributed by atoms with Crippen molar-refractivity contribution in [2.75, 3.05) is 10.6 Å². The molecular weight excluding hydrogens is 651 g/mol. The van der Waals surface area contributed by atoms with Crippen molar-refractivity contribution in [3.8, 4) is 0 Å². The van der Waals surface area contributed by atoms with Gasteiger partial charge in [-0.2, -0.15) is 0 Å². The summed E-state index contributed by atoms with van der Waals surface area (Å²) >= 11 is 11.2. The predicted molar refractivity (Wildman–Crippen MR) is 188 cm³/mol. The number of amides is 2. The van der Waals surface area contributed by atoms with E-state index in [9.17, 15) is 19.2 Å². The summed E-state index contributed by atoms with van der Waals surface area (Å²) in [4.78, 5) is 47.3. The Labute approximate surface area is 288 Å². The number of hydrogen-bond acceptors (Lipinski definition) is 6. The lowest BCUT2D eigenvalue weighted by atomic mass is 9.95. The standard InChI is InChI=1S/2C14H15NO2.C10H4Cl2O2/c2*1-9-10(2)17-11(3)13(9)14(16)15-12-7-5-4-6-8-12;11-7-8(12)10(14)6-4-2-1-3-5(6)9(7)13/h2*4-8H,1-3H3,(H,15,16);1-4H. The second kappa shape index (κ2) is 15.6. The lowest BCUT2D eigenvalue weighted by Crippen LogP contribution is -2.17. The van der Waals surface area contributed by atoms with Crippen LogP contribution in [0.5, 0.6) is 0 Å². The summed E-state index contributed by atoms with van der Waals surface area (Å²) in [5.74, 6) is 1.87. The smallest absolute Gasteiger partial charge is 0.259 e. The van der Waals surface area contributed by atoms with E-state index in [0.717, 1.165) is 34.0 Å². The Kier molecular flexibility index (Phi) is 11.6. The minimum Gasteiger partial charge on any atom is -0.466 e. The molecule has 2 heterocycles. The molecule has 10 heteroatoms. The van der Waals surface area contributed by atoms with Crippen molar-refractivity contribution in [2.45, 2.75) is 41.5 Å². The van der Waals surface area contributed by atoms with Crippen LogP contribution in [-0.4, -0.2) is 23.4 Å². The van der Waals surface area contributed by atoms with E-state index in [-0.39, 0.29) is 21.9 Å². The summed E-state index contributed by atoms with van der Waals surface area (Å²) in [6.07, 6.45) is 0. The molecule has 0 bridgehead atoms. The first kappa shape index (κ1) is 35.7. The van der Waals surface area contributed by atoms with Gasteiger partial charge in [-0.3, -0.25) is 19.2 Å². The van der Waals surface area contributed by atoms with E-state index >= 15 is 0 Å². The van der Waals surface area contributed by atoms with Gasteiger partial charge >= 0.3 is 0 Å². The van der Waals surface area contributed by atoms with Gasteiger partial charge in [0.15, 0.2) is 0 Å². The van der Waals surface area contributed by atoms with Gasteiger partial charge in [0.2, 0.25) is 11.6 Å². The molecule has 246 valence electrons. The van der Waals surface area contributed by atoms with Crippen molar-refractivity contribution in [3.63, 3.8) is 0 Å². The average Bonchev–Trinajstić information content (AvgIpc) is 3.49. The maximum atomic E-state index is 12.1. The third kappa shape index (κ3) is 8.02. The molecule has 2 amide bonds. The third-order valence-corrected chi connectivity index (χ3v) is 8.47. The maximum Gasteiger partial charge on any atom is 0.259 e. The van der Waals surface area contributed by atoms with Crippen LogP contribution in [0.25, 0.3) is 0 Å². The van der Waals surface area contributed by atoms with Crippen LogP contribution < -0.4 is 10.6 Å². The molecule has 2 N–H and O–H groups in total. The second-order valence-electron chi connectivity index (χ2n) is 10.9. The van der Waals surface area contributed by atoms with Crippen LogP contribution in [0.3, 0.4) is 0 Å². The van der Waals surface area contributed by atoms with Gasteiger partial charge in [-0.25, -0.2) is 0 Å². The lowest BCUT2D eigenvalue weighted by molar-refractivity contribution is 0.0987. The van der Waals surface area contributed by atoms with Crippen LogP contribution in [0.2, 0.25) is 0 Å². The van der Waals surface area contributed by atoms with Gasteiger partial charge in [-0.05, 0) is 65.8 Å². The average molecular weight is 686 g/mol. The number of anilines is 2. The number of para-hydroxylation sites is 2. The van der Waals surface area contributed by atoms with Crippen molar-refractivity contribution < 1.29 is 28.0 Å². The normalized spacial score (nSPS) is 11.9. The summed E-state index contributed by atoms with van der Waals surface area (Å²) < 4.78 is 10.9. The zero-order valence-corrected chi connectivity index (χ0v) is 28.8. The number of nitrogens with one attached hydrogen (secondary N) is 2. The molecule has 48 heavy (non-hydrogen) atoms. The largest absolute Gasteiger partial charge is 0.466 e. The zero-order valence-electron chi connectivity index (χ0n) is 27.3. The van der Waals surface area contributed by atoms with Crippen molar-refractivity contribution in [1.82, 2.24) is 0 Å². The molecule has 6 rings (SSSR count). The van der Waals surface area contributed by atoms with Crippen LogP contribution in [0, 0.1) is 41.5 Å². The van der Waals surface area contributed by atoms with E-state index in [4.69, 9.17) is 32.0 Å². The van der Waals surface area contributed by atoms with Crippen molar-refractivity contribution >= 4 is 58.0 Å². The number of ketones is 2. The molecule has 1 aliphatic carbocycles. The highest BCUT2D eigenvalue weighted by Crippen LogP contribution is 2.30. The molecule has 0 atom stereocenters. The number of benzene rings is 3. The molecule has 0 radical (unpaired) electrons. The molecule has 0 saturated heterocycles. The summed E-state index contributed by atoms with van der Waals surface area (Å²) in [5, 5.41) is 5.31. The number of halogens is 2. The van der Waals surface area contributed by atoms with Gasteiger partial charge < -0.3 is 19.5 Å². The van der Waals surface area contributed by atoms with Gasteiger partial charge in [0, 0.05) is 33.6 Å². The van der Waals surface area contributed by atoms with Crippen molar-refractivity contribution in [3.05, 3.63) is 151 Å². The Bertz CT molecular complexity index is 1880. The van der Waals surface area contributed by atoms with Crippen LogP contribution in [0.1, 0.15) is 75.6 Å². The molecule has 0 spiro atoms. The number of hydrogen-bond donors (Lipinski definition) is 2. The first-order valence-electron chi connectivity index (χ1n) is 14.9. The first-order valence-corrected chi connectivity index (χ1v) is 15.7. The molecule has 1 aliphatic rings. The first-order chi connectivity index (χ1) is 22.8. The number of rotatable bonds is 4. The number of Topliss-reactive ketones (excluding diaryl/α,β-unsaturated/α-hetero) is 2. The summed E-state index contributed by atoms with van der Waals surface area (Å²) in [5.41, 5.74) is 5.26. The highest BCUT2D eigenvalue weighted by Gasteiger charge is 2.29. The van der Waals surface area contributed by atoms with Gasteiger partial charge in [0.25, 0.3) is 11.8 Å². The number of furan rings is 2. The van der Waals surface area contributed by atoms with E-state index in [1.165, 1.54) is 0 Å². The van der Waals surface area contributed by atoms with Gasteiger partial charge in [-0.1, -0.05) is 83.9 Å². The topological polar surface area (TPSA) is 119 Å². The molecule has 2 aromatic heterocycles. The highest BCUT2D eigenvalue weighted by atomic mass is 35.5. The van der Waals surface area contributed by atoms with E-state index in [1.54, 1.807) is 38.1 Å². The summed E-state index contributed by atoms with van der Waals surface area (Å²) in [7, 11) is 0. The number of allylic oxidation sites excluding steroid dienone is 2. The Hall–Kier alpha value is -5.18. The fourth-order valence-electron chi connectivity index (χ4n) is 5.00. The molecule has 5 aromatic rings. The summed E-state index contributed by atoms with van der Waals surface area (Å²) in [6, 6.07) is 25.2. The monoisotopic (exact) mass is 684 g/mol. The second-order valence-corrected chi connectivity index (χ2v) is 11.7. The van der Waals surface area contributed by atoms with Gasteiger partial charge in [0.05, 0.1) is 11.1 Å². The van der Waals surface area contributed by atoms with Crippen LogP contribution >= 0.6 is 23.2 Å². The number of carbonyl (C=O) groups is 4. The fraction of sp³-hybridized carbons (Fsp3) is 0.158. The Morgan fingerprint density at radius 2 is 0.812 bits per heavy atom.